The van der Waals surface area contributed by atoms with Gasteiger partial charge in [0.05, 0.1) is 0 Å². The van der Waals surface area contributed by atoms with Gasteiger partial charge in [0.2, 0.25) is 5.71 Å². The molecule has 2 aromatic rings. The number of alkyl halides is 3. The number of hydrogen-bond acceptors (Lipinski definition) is 1. The number of para-hydroxylation sites is 1. The highest BCUT2D eigenvalue weighted by atomic mass is 19.4. The van der Waals surface area contributed by atoms with Crippen LogP contribution in [-0.4, -0.2) is 18.9 Å². The number of halogens is 5. The molecule has 0 aliphatic carbocycles. The summed E-state index contributed by atoms with van der Waals surface area (Å²) in [4.78, 5) is 0. The molecule has 0 amide bonds. The van der Waals surface area contributed by atoms with E-state index in [2.05, 4.69) is 5.10 Å². The molecule has 2 aromatic carbocycles. The molecule has 124 valence electrons. The van der Waals surface area contributed by atoms with Gasteiger partial charge < -0.3 is 0 Å². The van der Waals surface area contributed by atoms with E-state index in [0.29, 0.717) is 11.3 Å². The van der Waals surface area contributed by atoms with Crippen molar-refractivity contribution in [3.05, 3.63) is 66.4 Å². The maximum absolute atomic E-state index is 13.5. The van der Waals surface area contributed by atoms with Crippen LogP contribution in [-0.2, 0) is 0 Å². The average molecular weight is 339 g/mol. The van der Waals surface area contributed by atoms with Crippen molar-refractivity contribution in [2.75, 3.05) is 7.05 Å². The van der Waals surface area contributed by atoms with E-state index < -0.39 is 28.1 Å². The molecule has 0 bridgehead atoms. The Labute approximate surface area is 134 Å². The van der Waals surface area contributed by atoms with E-state index in [1.54, 1.807) is 24.3 Å². The molecule has 0 N–H and O–H groups in total. The van der Waals surface area contributed by atoms with Crippen LogP contribution in [0, 0.1) is 11.6 Å². The second-order valence-electron chi connectivity index (χ2n) is 5.50. The van der Waals surface area contributed by atoms with Crippen molar-refractivity contribution in [3.63, 3.8) is 0 Å². The van der Waals surface area contributed by atoms with Crippen molar-refractivity contribution < 1.29 is 22.0 Å². The summed E-state index contributed by atoms with van der Waals surface area (Å²) < 4.78 is 65.1. The maximum atomic E-state index is 13.5. The van der Waals surface area contributed by atoms with Crippen molar-refractivity contribution in [3.8, 4) is 11.1 Å². The molecule has 0 saturated heterocycles. The molecule has 2 nitrogen and oxygen atoms in total. The molecule has 1 aliphatic rings. The van der Waals surface area contributed by atoms with Crippen LogP contribution in [0.4, 0.5) is 27.6 Å². The summed E-state index contributed by atoms with van der Waals surface area (Å²) in [5.41, 5.74) is -0.00930. The zero-order valence-electron chi connectivity index (χ0n) is 12.5. The summed E-state index contributed by atoms with van der Waals surface area (Å²) in [7, 11) is 1.46. The Morgan fingerprint density at radius 3 is 2.17 bits per heavy atom. The standard InChI is InChI=1S/C17H12F5N2/c1-24(7-6-16(23-24)17(20,21)22)15-5-3-2-4-14(15)11-8-12(18)10-13(19)9-11/h2-10H,1H3/q+1. The molecule has 0 radical (unpaired) electrons. The third kappa shape index (κ3) is 2.94. The fraction of sp³-hybridized carbons (Fsp3) is 0.118. The summed E-state index contributed by atoms with van der Waals surface area (Å²) in [5, 5.41) is 3.72. The lowest BCUT2D eigenvalue weighted by Gasteiger charge is -2.23. The van der Waals surface area contributed by atoms with Crippen molar-refractivity contribution in [1.82, 2.24) is 4.59 Å². The van der Waals surface area contributed by atoms with Crippen LogP contribution in [0.1, 0.15) is 0 Å². The van der Waals surface area contributed by atoms with E-state index in [1.807, 2.05) is 0 Å². The van der Waals surface area contributed by atoms with Gasteiger partial charge in [-0.1, -0.05) is 17.2 Å². The van der Waals surface area contributed by atoms with Gasteiger partial charge in [0.25, 0.3) is 0 Å². The van der Waals surface area contributed by atoms with Gasteiger partial charge in [-0.15, -0.1) is 4.59 Å². The van der Waals surface area contributed by atoms with Crippen LogP contribution in [0.2, 0.25) is 0 Å². The second kappa shape index (κ2) is 5.52. The molecule has 24 heavy (non-hydrogen) atoms. The van der Waals surface area contributed by atoms with Crippen molar-refractivity contribution in [1.29, 1.82) is 0 Å². The second-order valence-corrected chi connectivity index (χ2v) is 5.50. The highest BCUT2D eigenvalue weighted by Crippen LogP contribution is 2.38. The van der Waals surface area contributed by atoms with E-state index in [4.69, 9.17) is 0 Å². The predicted molar refractivity (Wildman–Crippen MR) is 82.1 cm³/mol. The molecule has 0 aromatic heterocycles. The third-order valence-corrected chi connectivity index (χ3v) is 3.69. The molecule has 0 spiro atoms. The molecule has 1 heterocycles. The summed E-state index contributed by atoms with van der Waals surface area (Å²) in [5.74, 6) is -1.53. The lowest BCUT2D eigenvalue weighted by molar-refractivity contribution is -0.0581. The SMILES string of the molecule is C[N+]1(c2ccccc2-c2cc(F)cc(F)c2)C=CC(C(F)(F)F)=N1. The van der Waals surface area contributed by atoms with Crippen LogP contribution in [0.5, 0.6) is 0 Å². The largest absolute Gasteiger partial charge is 0.438 e. The van der Waals surface area contributed by atoms with Gasteiger partial charge in [0.1, 0.15) is 24.9 Å². The number of rotatable bonds is 2. The predicted octanol–water partition coefficient (Wildman–Crippen LogP) is 5.01. The van der Waals surface area contributed by atoms with Crippen LogP contribution in [0.15, 0.2) is 59.8 Å². The van der Waals surface area contributed by atoms with E-state index in [-0.39, 0.29) is 5.56 Å². The quantitative estimate of drug-likeness (QED) is 0.538. The van der Waals surface area contributed by atoms with Crippen molar-refractivity contribution in [2.24, 2.45) is 5.10 Å². The number of hydrogen-bond donors (Lipinski definition) is 0. The summed E-state index contributed by atoms with van der Waals surface area (Å²) in [6.07, 6.45) is -2.40. The van der Waals surface area contributed by atoms with E-state index >= 15 is 0 Å². The van der Waals surface area contributed by atoms with Crippen molar-refractivity contribution in [2.45, 2.75) is 6.18 Å². The first-order chi connectivity index (χ1) is 11.2. The number of benzene rings is 2. The molecular weight excluding hydrogens is 327 g/mol. The minimum Gasteiger partial charge on any atom is -0.207 e. The Morgan fingerprint density at radius 2 is 1.58 bits per heavy atom. The molecule has 0 saturated carbocycles. The smallest absolute Gasteiger partial charge is 0.207 e. The van der Waals surface area contributed by atoms with Gasteiger partial charge in [-0.05, 0) is 23.8 Å². The summed E-state index contributed by atoms with van der Waals surface area (Å²) >= 11 is 0. The van der Waals surface area contributed by atoms with Gasteiger partial charge in [0.15, 0.2) is 5.69 Å². The fourth-order valence-corrected chi connectivity index (χ4v) is 2.61. The first-order valence-electron chi connectivity index (χ1n) is 6.98. The van der Waals surface area contributed by atoms with Gasteiger partial charge in [-0.2, -0.15) is 13.2 Å². The maximum Gasteiger partial charge on any atom is 0.438 e. The molecule has 3 rings (SSSR count). The normalized spacial score (nSPS) is 20.3. The minimum atomic E-state index is -4.56. The van der Waals surface area contributed by atoms with Gasteiger partial charge in [-0.25, -0.2) is 8.78 Å². The van der Waals surface area contributed by atoms with E-state index in [0.717, 1.165) is 24.3 Å². The summed E-state index contributed by atoms with van der Waals surface area (Å²) in [6.45, 7) is 0. The summed E-state index contributed by atoms with van der Waals surface area (Å²) in [6, 6.07) is 9.42. The lowest BCUT2D eigenvalue weighted by atomic mass is 10.0. The van der Waals surface area contributed by atoms with Crippen LogP contribution >= 0.6 is 0 Å². The van der Waals surface area contributed by atoms with E-state index in [9.17, 15) is 22.0 Å². The Hall–Kier alpha value is -2.54. The average Bonchev–Trinajstić information content (AvgIpc) is 2.90. The zero-order valence-corrected chi connectivity index (χ0v) is 12.5. The molecule has 1 unspecified atom stereocenters. The van der Waals surface area contributed by atoms with Crippen LogP contribution in [0.25, 0.3) is 11.1 Å². The molecule has 0 fully saturated rings. The topological polar surface area (TPSA) is 12.4 Å². The third-order valence-electron chi connectivity index (χ3n) is 3.69. The zero-order chi connectivity index (χ0) is 17.5. The number of nitrogens with zero attached hydrogens (tertiary/aromatic N) is 2. The lowest BCUT2D eigenvalue weighted by Crippen LogP contribution is -2.32. The molecular formula is C17H12F5N2+. The molecule has 7 heteroatoms. The Bertz CT molecular complexity index is 834. The fourth-order valence-electron chi connectivity index (χ4n) is 2.61. The van der Waals surface area contributed by atoms with Gasteiger partial charge in [-0.3, -0.25) is 0 Å². The Morgan fingerprint density at radius 1 is 0.958 bits per heavy atom. The first kappa shape index (κ1) is 16.3. The molecule has 1 atom stereocenters. The van der Waals surface area contributed by atoms with E-state index in [1.165, 1.54) is 13.2 Å². The van der Waals surface area contributed by atoms with Crippen LogP contribution in [0.3, 0.4) is 0 Å². The number of allylic oxidation sites excluding steroid dienone is 1. The highest BCUT2D eigenvalue weighted by Gasteiger charge is 2.43. The first-order valence-corrected chi connectivity index (χ1v) is 6.98. The molecule has 1 aliphatic heterocycles. The Balaban J connectivity index is 2.15. The van der Waals surface area contributed by atoms with Gasteiger partial charge in [0, 0.05) is 23.8 Å². The minimum absolute atomic E-state index is 0.228. The monoisotopic (exact) mass is 339 g/mol. The Kier molecular flexibility index (Phi) is 3.76. The van der Waals surface area contributed by atoms with Crippen molar-refractivity contribution >= 4 is 11.4 Å². The van der Waals surface area contributed by atoms with Crippen LogP contribution < -0.4 is 4.59 Å². The van der Waals surface area contributed by atoms with Gasteiger partial charge >= 0.3 is 6.18 Å². The highest BCUT2D eigenvalue weighted by molar-refractivity contribution is 6.01. The number of quaternary nitrogens is 1.